The van der Waals surface area contributed by atoms with Gasteiger partial charge in [-0.05, 0) is 68.7 Å². The van der Waals surface area contributed by atoms with Crippen LogP contribution in [0.15, 0.2) is 42.5 Å². The van der Waals surface area contributed by atoms with Crippen LogP contribution in [0, 0.1) is 11.3 Å². The van der Waals surface area contributed by atoms with Gasteiger partial charge in [0.25, 0.3) is 5.91 Å². The van der Waals surface area contributed by atoms with Gasteiger partial charge in [-0.2, -0.15) is 5.26 Å². The number of methoxy groups -OCH3 is 2. The van der Waals surface area contributed by atoms with Gasteiger partial charge in [-0.1, -0.05) is 12.1 Å². The number of allylic oxidation sites excluding steroid dienone is 1. The number of nitrogens with zero attached hydrogens (tertiary/aromatic N) is 1. The third-order valence-electron chi connectivity index (χ3n) is 4.69. The van der Waals surface area contributed by atoms with Crippen molar-refractivity contribution in [1.82, 2.24) is 0 Å². The molecule has 9 nitrogen and oxygen atoms in total. The van der Waals surface area contributed by atoms with E-state index < -0.39 is 23.5 Å². The van der Waals surface area contributed by atoms with Crippen LogP contribution >= 0.6 is 0 Å². The molecule has 0 saturated carbocycles. The number of esters is 1. The van der Waals surface area contributed by atoms with E-state index in [1.165, 1.54) is 13.2 Å². The first-order chi connectivity index (χ1) is 16.5. The van der Waals surface area contributed by atoms with Crippen molar-refractivity contribution in [3.8, 4) is 23.3 Å². The fourth-order valence-electron chi connectivity index (χ4n) is 3.17. The number of ether oxygens (including phenoxy) is 4. The summed E-state index contributed by atoms with van der Waals surface area (Å²) in [6, 6.07) is 10.9. The van der Waals surface area contributed by atoms with Crippen LogP contribution < -0.4 is 25.3 Å². The number of carbonyl (C=O) groups excluding carboxylic acids is 2. The number of nitrogens with one attached hydrogen (secondary N) is 1. The topological polar surface area (TPSA) is 133 Å². The lowest BCUT2D eigenvalue weighted by molar-refractivity contribution is -0.157. The van der Waals surface area contributed by atoms with E-state index in [9.17, 15) is 14.9 Å². The third-order valence-corrected chi connectivity index (χ3v) is 4.69. The molecule has 1 unspecified atom stereocenters. The van der Waals surface area contributed by atoms with E-state index in [2.05, 4.69) is 11.4 Å². The third kappa shape index (κ3) is 7.22. The van der Waals surface area contributed by atoms with Gasteiger partial charge < -0.3 is 30.0 Å². The fourth-order valence-corrected chi connectivity index (χ4v) is 3.17. The highest BCUT2D eigenvalue weighted by atomic mass is 16.6. The Hall–Kier alpha value is -4.03. The largest absolute Gasteiger partial charge is 0.495 e. The average molecular weight is 482 g/mol. The smallest absolute Gasteiger partial charge is 0.333 e. The van der Waals surface area contributed by atoms with Crippen molar-refractivity contribution in [1.29, 1.82) is 5.26 Å². The van der Waals surface area contributed by atoms with Crippen molar-refractivity contribution in [2.45, 2.75) is 39.3 Å². The minimum atomic E-state index is -1.54. The molecule has 9 heteroatoms. The van der Waals surface area contributed by atoms with E-state index in [4.69, 9.17) is 24.7 Å². The average Bonchev–Trinajstić information content (AvgIpc) is 2.81. The summed E-state index contributed by atoms with van der Waals surface area (Å²) < 4.78 is 21.5. The second kappa shape index (κ2) is 11.9. The molecule has 0 radical (unpaired) electrons. The molecule has 0 saturated heterocycles. The molecule has 0 aliphatic heterocycles. The van der Waals surface area contributed by atoms with Gasteiger partial charge in [0.15, 0.2) is 17.5 Å². The molecule has 35 heavy (non-hydrogen) atoms. The Kier molecular flexibility index (Phi) is 9.26. The van der Waals surface area contributed by atoms with Crippen LogP contribution in [0.3, 0.4) is 0 Å². The van der Waals surface area contributed by atoms with Gasteiger partial charge in [-0.3, -0.25) is 4.79 Å². The molecule has 1 amide bonds. The maximum Gasteiger partial charge on any atom is 0.333 e. The molecule has 0 fully saturated rings. The van der Waals surface area contributed by atoms with E-state index in [1.54, 1.807) is 64.3 Å². The molecular weight excluding hydrogens is 450 g/mol. The summed E-state index contributed by atoms with van der Waals surface area (Å²) in [7, 11) is 2.99. The van der Waals surface area contributed by atoms with Crippen molar-refractivity contribution in [3.05, 3.63) is 53.6 Å². The zero-order valence-electron chi connectivity index (χ0n) is 20.8. The number of hydrogen-bond donors (Lipinski definition) is 2. The van der Waals surface area contributed by atoms with Crippen LogP contribution in [0.5, 0.6) is 17.2 Å². The molecule has 2 rings (SSSR count). The molecule has 0 aromatic heterocycles. The standard InChI is InChI=1S/C26H31N3O6/c1-7-34-22-15-17(9-11-21(22)33-6)18(12-13-27)16-8-10-20(32-5)19(14-16)29-24(30)23(28)25(31)35-26(2,3)4/h8-12,14-15,23H,7,28H2,1-6H3,(H,29,30). The number of amides is 1. The summed E-state index contributed by atoms with van der Waals surface area (Å²) in [6.07, 6.45) is 1.39. The van der Waals surface area contributed by atoms with Crippen molar-refractivity contribution >= 4 is 23.1 Å². The number of rotatable bonds is 9. The molecule has 0 heterocycles. The van der Waals surface area contributed by atoms with Crippen molar-refractivity contribution in [2.75, 3.05) is 26.1 Å². The van der Waals surface area contributed by atoms with Crippen molar-refractivity contribution in [2.24, 2.45) is 5.73 Å². The molecule has 1 atom stereocenters. The molecule has 0 aliphatic rings. The summed E-state index contributed by atoms with van der Waals surface area (Å²) in [4.78, 5) is 24.9. The van der Waals surface area contributed by atoms with E-state index in [0.717, 1.165) is 0 Å². The molecule has 0 spiro atoms. The number of carbonyl (C=O) groups is 2. The summed E-state index contributed by atoms with van der Waals surface area (Å²) >= 11 is 0. The van der Waals surface area contributed by atoms with Crippen molar-refractivity contribution in [3.63, 3.8) is 0 Å². The first-order valence-corrected chi connectivity index (χ1v) is 10.9. The highest BCUT2D eigenvalue weighted by Crippen LogP contribution is 2.35. The number of benzene rings is 2. The maximum atomic E-state index is 12.7. The molecule has 2 aromatic rings. The molecule has 3 N–H and O–H groups in total. The highest BCUT2D eigenvalue weighted by molar-refractivity contribution is 6.09. The first kappa shape index (κ1) is 27.2. The minimum absolute atomic E-state index is 0.274. The second-order valence-electron chi connectivity index (χ2n) is 8.40. The van der Waals surface area contributed by atoms with Crippen LogP contribution in [-0.4, -0.2) is 44.3 Å². The maximum absolute atomic E-state index is 12.7. The van der Waals surface area contributed by atoms with E-state index in [-0.39, 0.29) is 5.69 Å². The monoisotopic (exact) mass is 481 g/mol. The Morgan fingerprint density at radius 3 is 2.20 bits per heavy atom. The normalized spacial score (nSPS) is 12.2. The fraction of sp³-hybridized carbons (Fsp3) is 0.346. The zero-order chi connectivity index (χ0) is 26.2. The molecule has 2 aromatic carbocycles. The summed E-state index contributed by atoms with van der Waals surface area (Å²) in [6.45, 7) is 7.34. The van der Waals surface area contributed by atoms with Crippen LogP contribution in [0.1, 0.15) is 38.8 Å². The van der Waals surface area contributed by atoms with Crippen LogP contribution in [0.4, 0.5) is 5.69 Å². The number of anilines is 1. The van der Waals surface area contributed by atoms with Crippen LogP contribution in [0.25, 0.3) is 5.57 Å². The summed E-state index contributed by atoms with van der Waals surface area (Å²) in [5.74, 6) is -0.174. The van der Waals surface area contributed by atoms with Gasteiger partial charge in [0, 0.05) is 6.08 Å². The lowest BCUT2D eigenvalue weighted by Crippen LogP contribution is -2.45. The Morgan fingerprint density at radius 2 is 1.66 bits per heavy atom. The van der Waals surface area contributed by atoms with E-state index in [0.29, 0.717) is 40.6 Å². The van der Waals surface area contributed by atoms with Crippen LogP contribution in [-0.2, 0) is 14.3 Å². The van der Waals surface area contributed by atoms with Gasteiger partial charge in [0.05, 0.1) is 32.6 Å². The van der Waals surface area contributed by atoms with E-state index >= 15 is 0 Å². The predicted octanol–water partition coefficient (Wildman–Crippen LogP) is 3.67. The summed E-state index contributed by atoms with van der Waals surface area (Å²) in [5.41, 5.74) is 7.18. The molecule has 186 valence electrons. The number of nitriles is 1. The zero-order valence-corrected chi connectivity index (χ0v) is 20.8. The number of hydrogen-bond acceptors (Lipinski definition) is 8. The quantitative estimate of drug-likeness (QED) is 0.315. The first-order valence-electron chi connectivity index (χ1n) is 10.9. The van der Waals surface area contributed by atoms with Crippen LogP contribution in [0.2, 0.25) is 0 Å². The Morgan fingerprint density at radius 1 is 1.06 bits per heavy atom. The minimum Gasteiger partial charge on any atom is -0.495 e. The molecule has 0 bridgehead atoms. The van der Waals surface area contributed by atoms with Gasteiger partial charge in [0.2, 0.25) is 0 Å². The second-order valence-corrected chi connectivity index (χ2v) is 8.40. The molecule has 0 aliphatic carbocycles. The van der Waals surface area contributed by atoms with E-state index in [1.807, 2.05) is 6.92 Å². The predicted molar refractivity (Wildman–Crippen MR) is 132 cm³/mol. The van der Waals surface area contributed by atoms with Gasteiger partial charge in [-0.25, -0.2) is 4.79 Å². The van der Waals surface area contributed by atoms with Gasteiger partial charge in [0.1, 0.15) is 11.4 Å². The van der Waals surface area contributed by atoms with Gasteiger partial charge in [-0.15, -0.1) is 0 Å². The summed E-state index contributed by atoms with van der Waals surface area (Å²) in [5, 5.41) is 12.1. The number of nitrogens with two attached hydrogens (primary N) is 1. The molecular formula is C26H31N3O6. The Bertz CT molecular complexity index is 1140. The lowest BCUT2D eigenvalue weighted by Gasteiger charge is -2.22. The Labute approximate surface area is 205 Å². The highest BCUT2D eigenvalue weighted by Gasteiger charge is 2.28. The Balaban J connectivity index is 2.44. The lowest BCUT2D eigenvalue weighted by atomic mass is 9.96. The van der Waals surface area contributed by atoms with Gasteiger partial charge >= 0.3 is 5.97 Å². The SMILES string of the molecule is CCOc1cc(C(=CC#N)c2ccc(OC)c(NC(=O)C(N)C(=O)OC(C)(C)C)c2)ccc1OC. The van der Waals surface area contributed by atoms with Crippen molar-refractivity contribution < 1.29 is 28.5 Å².